The van der Waals surface area contributed by atoms with Gasteiger partial charge in [-0.2, -0.15) is 5.10 Å². The van der Waals surface area contributed by atoms with E-state index >= 15 is 0 Å². The second-order valence-electron chi connectivity index (χ2n) is 7.87. The molecule has 0 amide bonds. The second kappa shape index (κ2) is 8.53. The maximum atomic E-state index is 12.6. The van der Waals surface area contributed by atoms with Crippen LogP contribution in [0.15, 0.2) is 59.4 Å². The minimum Gasteiger partial charge on any atom is -0.497 e. The number of benzene rings is 2. The van der Waals surface area contributed by atoms with E-state index in [0.717, 1.165) is 35.8 Å². The molecule has 2 unspecified atom stereocenters. The SMILES string of the molecule is COc1cccc(-c2ccc(=O)n(C3COCC3NCc3ccc4c(c3)CCO4)n2)c1. The third-order valence-corrected chi connectivity index (χ3v) is 5.88. The quantitative estimate of drug-likeness (QED) is 0.662. The highest BCUT2D eigenvalue weighted by Crippen LogP contribution is 2.27. The molecule has 2 aromatic carbocycles. The van der Waals surface area contributed by atoms with Gasteiger partial charge in [-0.3, -0.25) is 4.79 Å². The Balaban J connectivity index is 1.35. The van der Waals surface area contributed by atoms with Gasteiger partial charge in [-0.05, 0) is 35.4 Å². The molecule has 7 nitrogen and oxygen atoms in total. The summed E-state index contributed by atoms with van der Waals surface area (Å²) in [5, 5.41) is 8.22. The molecule has 2 aliphatic heterocycles. The van der Waals surface area contributed by atoms with Crippen LogP contribution in [-0.4, -0.2) is 42.8 Å². The highest BCUT2D eigenvalue weighted by Gasteiger charge is 2.31. The molecule has 0 saturated carbocycles. The van der Waals surface area contributed by atoms with E-state index in [1.165, 1.54) is 11.1 Å². The topological polar surface area (TPSA) is 74.6 Å². The number of fused-ring (bicyclic) bond motifs is 1. The number of methoxy groups -OCH3 is 1. The van der Waals surface area contributed by atoms with Gasteiger partial charge in [0.1, 0.15) is 11.5 Å². The summed E-state index contributed by atoms with van der Waals surface area (Å²) in [4.78, 5) is 12.6. The maximum Gasteiger partial charge on any atom is 0.267 e. The molecule has 3 aromatic rings. The molecule has 0 aliphatic carbocycles. The van der Waals surface area contributed by atoms with E-state index in [2.05, 4.69) is 22.5 Å². The standard InChI is InChI=1S/C24H25N3O4/c1-29-19-4-2-3-17(12-19)20-6-8-24(28)27(26-20)22-15-30-14-21(22)25-13-16-5-7-23-18(11-16)9-10-31-23/h2-8,11-12,21-22,25H,9-10,13-15H2,1H3. The predicted octanol–water partition coefficient (Wildman–Crippen LogP) is 2.58. The summed E-state index contributed by atoms with van der Waals surface area (Å²) in [6.07, 6.45) is 0.953. The summed E-state index contributed by atoms with van der Waals surface area (Å²) in [7, 11) is 1.63. The van der Waals surface area contributed by atoms with Crippen LogP contribution in [0.3, 0.4) is 0 Å². The smallest absolute Gasteiger partial charge is 0.267 e. The molecule has 0 spiro atoms. The Morgan fingerprint density at radius 3 is 3.00 bits per heavy atom. The fourth-order valence-corrected chi connectivity index (χ4v) is 4.18. The third-order valence-electron chi connectivity index (χ3n) is 5.88. The van der Waals surface area contributed by atoms with Crippen molar-refractivity contribution in [3.05, 3.63) is 76.1 Å². The molecule has 0 bridgehead atoms. The van der Waals surface area contributed by atoms with Gasteiger partial charge >= 0.3 is 0 Å². The summed E-state index contributed by atoms with van der Waals surface area (Å²) in [6.45, 7) is 2.44. The number of rotatable bonds is 6. The van der Waals surface area contributed by atoms with Gasteiger partial charge in [-0.25, -0.2) is 4.68 Å². The number of nitrogens with zero attached hydrogens (tertiary/aromatic N) is 2. The van der Waals surface area contributed by atoms with Crippen LogP contribution in [0.2, 0.25) is 0 Å². The molecular weight excluding hydrogens is 394 g/mol. The van der Waals surface area contributed by atoms with Crippen molar-refractivity contribution in [3.8, 4) is 22.8 Å². The molecule has 5 rings (SSSR count). The number of aromatic nitrogens is 2. The fourth-order valence-electron chi connectivity index (χ4n) is 4.18. The van der Waals surface area contributed by atoms with Crippen molar-refractivity contribution in [2.45, 2.75) is 25.0 Å². The van der Waals surface area contributed by atoms with Gasteiger partial charge in [0.2, 0.25) is 0 Å². The molecule has 1 saturated heterocycles. The van der Waals surface area contributed by atoms with Gasteiger partial charge in [0.15, 0.2) is 0 Å². The number of hydrogen-bond acceptors (Lipinski definition) is 6. The molecule has 1 aromatic heterocycles. The minimum atomic E-state index is -0.171. The zero-order valence-corrected chi connectivity index (χ0v) is 17.4. The van der Waals surface area contributed by atoms with E-state index in [9.17, 15) is 4.79 Å². The van der Waals surface area contributed by atoms with E-state index in [0.29, 0.717) is 19.8 Å². The molecule has 2 atom stereocenters. The zero-order valence-electron chi connectivity index (χ0n) is 17.4. The lowest BCUT2D eigenvalue weighted by molar-refractivity contribution is 0.181. The normalized spacial score (nSPS) is 19.8. The van der Waals surface area contributed by atoms with E-state index in [4.69, 9.17) is 14.2 Å². The van der Waals surface area contributed by atoms with E-state index in [1.807, 2.05) is 30.3 Å². The summed E-state index contributed by atoms with van der Waals surface area (Å²) in [5.41, 5.74) is 3.94. The lowest BCUT2D eigenvalue weighted by Gasteiger charge is -2.21. The molecule has 3 heterocycles. The Morgan fingerprint density at radius 2 is 2.10 bits per heavy atom. The van der Waals surface area contributed by atoms with Gasteiger partial charge < -0.3 is 19.5 Å². The second-order valence-corrected chi connectivity index (χ2v) is 7.87. The van der Waals surface area contributed by atoms with Crippen molar-refractivity contribution in [3.63, 3.8) is 0 Å². The molecule has 0 radical (unpaired) electrons. The first-order valence-electron chi connectivity index (χ1n) is 10.5. The van der Waals surface area contributed by atoms with E-state index in [1.54, 1.807) is 23.9 Å². The largest absolute Gasteiger partial charge is 0.497 e. The van der Waals surface area contributed by atoms with Crippen molar-refractivity contribution >= 4 is 0 Å². The number of hydrogen-bond donors (Lipinski definition) is 1. The molecule has 7 heteroatoms. The Hall–Kier alpha value is -3.16. The first-order valence-corrected chi connectivity index (χ1v) is 10.5. The monoisotopic (exact) mass is 419 g/mol. The minimum absolute atomic E-state index is 0.00439. The molecule has 31 heavy (non-hydrogen) atoms. The van der Waals surface area contributed by atoms with Crippen LogP contribution < -0.4 is 20.3 Å². The van der Waals surface area contributed by atoms with Gasteiger partial charge in [0.05, 0.1) is 44.7 Å². The first kappa shape index (κ1) is 19.8. The summed E-state index contributed by atoms with van der Waals surface area (Å²) < 4.78 is 18.2. The van der Waals surface area contributed by atoms with Crippen LogP contribution >= 0.6 is 0 Å². The highest BCUT2D eigenvalue weighted by molar-refractivity contribution is 5.60. The van der Waals surface area contributed by atoms with E-state index in [-0.39, 0.29) is 17.6 Å². The molecule has 2 aliphatic rings. The van der Waals surface area contributed by atoms with Crippen LogP contribution in [0.5, 0.6) is 11.5 Å². The van der Waals surface area contributed by atoms with Crippen LogP contribution in [0.1, 0.15) is 17.2 Å². The van der Waals surface area contributed by atoms with Gasteiger partial charge in [-0.1, -0.05) is 24.3 Å². The summed E-state index contributed by atoms with van der Waals surface area (Å²) in [5.74, 6) is 1.73. The van der Waals surface area contributed by atoms with E-state index < -0.39 is 0 Å². The first-order chi connectivity index (χ1) is 15.2. The number of nitrogens with one attached hydrogen (secondary N) is 1. The molecule has 160 valence electrons. The lowest BCUT2D eigenvalue weighted by Crippen LogP contribution is -2.41. The predicted molar refractivity (Wildman–Crippen MR) is 117 cm³/mol. The maximum absolute atomic E-state index is 12.6. The third kappa shape index (κ3) is 4.06. The Bertz CT molecular complexity index is 1140. The van der Waals surface area contributed by atoms with Gasteiger partial charge in [0.25, 0.3) is 5.56 Å². The van der Waals surface area contributed by atoms with Crippen LogP contribution in [0, 0.1) is 0 Å². The van der Waals surface area contributed by atoms with Crippen molar-refractivity contribution in [1.29, 1.82) is 0 Å². The average molecular weight is 419 g/mol. The summed E-state index contributed by atoms with van der Waals surface area (Å²) >= 11 is 0. The Kier molecular flexibility index (Phi) is 5.44. The van der Waals surface area contributed by atoms with Crippen molar-refractivity contribution in [2.75, 3.05) is 26.9 Å². The lowest BCUT2D eigenvalue weighted by atomic mass is 10.1. The molecule has 1 fully saturated rings. The summed E-state index contributed by atoms with van der Waals surface area (Å²) in [6, 6.07) is 17.1. The Labute approximate surface area is 180 Å². The van der Waals surface area contributed by atoms with Crippen molar-refractivity contribution < 1.29 is 14.2 Å². The highest BCUT2D eigenvalue weighted by atomic mass is 16.5. The van der Waals surface area contributed by atoms with Crippen LogP contribution in [0.25, 0.3) is 11.3 Å². The number of ether oxygens (including phenoxy) is 3. The van der Waals surface area contributed by atoms with Crippen molar-refractivity contribution in [2.24, 2.45) is 0 Å². The molecular formula is C24H25N3O4. The van der Waals surface area contributed by atoms with Crippen LogP contribution in [0.4, 0.5) is 0 Å². The van der Waals surface area contributed by atoms with Gasteiger partial charge in [0, 0.05) is 24.6 Å². The van der Waals surface area contributed by atoms with Crippen LogP contribution in [-0.2, 0) is 17.7 Å². The van der Waals surface area contributed by atoms with Crippen molar-refractivity contribution in [1.82, 2.24) is 15.1 Å². The zero-order chi connectivity index (χ0) is 21.2. The Morgan fingerprint density at radius 1 is 1.16 bits per heavy atom. The fraction of sp³-hybridized carbons (Fsp3) is 0.333. The molecule has 1 N–H and O–H groups in total. The average Bonchev–Trinajstić information content (AvgIpc) is 3.47. The van der Waals surface area contributed by atoms with Gasteiger partial charge in [-0.15, -0.1) is 0 Å².